The zero-order valence-electron chi connectivity index (χ0n) is 16.4. The zero-order chi connectivity index (χ0) is 19.3. The Labute approximate surface area is 166 Å². The van der Waals surface area contributed by atoms with Crippen molar-refractivity contribution in [3.05, 3.63) is 36.5 Å². The highest BCUT2D eigenvalue weighted by Gasteiger charge is 2.09. The number of furan rings is 1. The number of aliphatic imine (C=N–C) groups is 1. The molecule has 0 aliphatic carbocycles. The van der Waals surface area contributed by atoms with Crippen molar-refractivity contribution in [2.45, 2.75) is 25.8 Å². The Morgan fingerprint density at radius 1 is 1.14 bits per heavy atom. The van der Waals surface area contributed by atoms with Crippen LogP contribution in [0.25, 0.3) is 0 Å². The van der Waals surface area contributed by atoms with Gasteiger partial charge in [-0.05, 0) is 31.5 Å². The predicted octanol–water partition coefficient (Wildman–Crippen LogP) is 0.761. The van der Waals surface area contributed by atoms with Gasteiger partial charge >= 0.3 is 0 Å². The van der Waals surface area contributed by atoms with Gasteiger partial charge in [-0.25, -0.2) is 0 Å². The van der Waals surface area contributed by atoms with Crippen LogP contribution in [0.4, 0.5) is 0 Å². The molecule has 0 saturated carbocycles. The topological polar surface area (TPSA) is 92.7 Å². The monoisotopic (exact) mass is 389 g/mol. The van der Waals surface area contributed by atoms with Crippen molar-refractivity contribution in [1.29, 1.82) is 0 Å². The van der Waals surface area contributed by atoms with Gasteiger partial charge < -0.3 is 19.8 Å². The fourth-order valence-corrected chi connectivity index (χ4v) is 3.04. The molecule has 154 valence electrons. The molecule has 1 saturated heterocycles. The van der Waals surface area contributed by atoms with Gasteiger partial charge in [-0.1, -0.05) is 5.21 Å². The van der Waals surface area contributed by atoms with E-state index in [1.165, 1.54) is 0 Å². The van der Waals surface area contributed by atoms with E-state index in [1.54, 1.807) is 12.5 Å². The summed E-state index contributed by atoms with van der Waals surface area (Å²) in [4.78, 5) is 7.14. The summed E-state index contributed by atoms with van der Waals surface area (Å²) in [5.74, 6) is 1.83. The van der Waals surface area contributed by atoms with Crippen LogP contribution < -0.4 is 10.6 Å². The Balaban J connectivity index is 1.37. The molecule has 1 aliphatic rings. The summed E-state index contributed by atoms with van der Waals surface area (Å²) in [5, 5.41) is 14.6. The molecule has 9 nitrogen and oxygen atoms in total. The first kappa shape index (κ1) is 20.3. The SMILES string of the molecule is c1coc(CCNC(=NCCCn2ccnn2)NCCCN2CCOCC2)c1. The molecule has 28 heavy (non-hydrogen) atoms. The van der Waals surface area contributed by atoms with Crippen molar-refractivity contribution < 1.29 is 9.15 Å². The van der Waals surface area contributed by atoms with E-state index in [9.17, 15) is 0 Å². The van der Waals surface area contributed by atoms with Crippen LogP contribution in [-0.2, 0) is 17.7 Å². The fraction of sp³-hybridized carbons (Fsp3) is 0.632. The Bertz CT molecular complexity index is 652. The molecular weight excluding hydrogens is 358 g/mol. The third-order valence-electron chi connectivity index (χ3n) is 4.58. The molecule has 0 radical (unpaired) electrons. The second-order valence-electron chi connectivity index (χ2n) is 6.74. The molecule has 2 N–H and O–H groups in total. The third kappa shape index (κ3) is 7.69. The van der Waals surface area contributed by atoms with Gasteiger partial charge in [0, 0.05) is 51.9 Å². The van der Waals surface area contributed by atoms with Crippen molar-refractivity contribution in [2.75, 3.05) is 52.5 Å². The first-order valence-electron chi connectivity index (χ1n) is 10.1. The molecule has 9 heteroatoms. The van der Waals surface area contributed by atoms with E-state index in [0.717, 1.165) is 90.0 Å². The van der Waals surface area contributed by atoms with Gasteiger partial charge in [0.15, 0.2) is 5.96 Å². The van der Waals surface area contributed by atoms with Gasteiger partial charge in [0.05, 0.1) is 25.7 Å². The van der Waals surface area contributed by atoms with Gasteiger partial charge in [-0.2, -0.15) is 0 Å². The van der Waals surface area contributed by atoms with Crippen LogP contribution in [0.1, 0.15) is 18.6 Å². The van der Waals surface area contributed by atoms with Crippen molar-refractivity contribution in [3.63, 3.8) is 0 Å². The second-order valence-corrected chi connectivity index (χ2v) is 6.74. The van der Waals surface area contributed by atoms with Crippen LogP contribution in [0, 0.1) is 0 Å². The molecule has 0 bridgehead atoms. The normalized spacial score (nSPS) is 15.6. The van der Waals surface area contributed by atoms with Gasteiger partial charge in [0.2, 0.25) is 0 Å². The van der Waals surface area contributed by atoms with Gasteiger partial charge in [-0.3, -0.25) is 14.6 Å². The number of morpholine rings is 1. The first-order valence-corrected chi connectivity index (χ1v) is 10.1. The molecule has 1 aliphatic heterocycles. The minimum absolute atomic E-state index is 0.736. The van der Waals surface area contributed by atoms with Gasteiger partial charge in [-0.15, -0.1) is 5.10 Å². The molecule has 0 amide bonds. The van der Waals surface area contributed by atoms with Crippen LogP contribution in [0.2, 0.25) is 0 Å². The molecule has 1 fully saturated rings. The molecule has 0 unspecified atom stereocenters. The quantitative estimate of drug-likeness (QED) is 0.333. The molecular formula is C19H31N7O2. The minimum atomic E-state index is 0.736. The highest BCUT2D eigenvalue weighted by molar-refractivity contribution is 5.79. The Morgan fingerprint density at radius 2 is 2.04 bits per heavy atom. The minimum Gasteiger partial charge on any atom is -0.469 e. The standard InChI is InChI=1S/C19H31N7O2/c1-4-18(28-15-1)5-8-22-19(21-7-3-11-26-12-9-23-24-26)20-6-2-10-25-13-16-27-17-14-25/h1,4,9,12,15H,2-3,5-8,10-11,13-14,16-17H2,(H2,20,21,22). The van der Waals surface area contributed by atoms with Gasteiger partial charge in [0.25, 0.3) is 0 Å². The number of nitrogens with one attached hydrogen (secondary N) is 2. The summed E-state index contributed by atoms with van der Waals surface area (Å²) in [6, 6.07) is 3.91. The maximum Gasteiger partial charge on any atom is 0.191 e. The summed E-state index contributed by atoms with van der Waals surface area (Å²) < 4.78 is 12.6. The maximum atomic E-state index is 5.40. The third-order valence-corrected chi connectivity index (χ3v) is 4.58. The van der Waals surface area contributed by atoms with Crippen molar-refractivity contribution in [1.82, 2.24) is 30.5 Å². The number of hydrogen-bond acceptors (Lipinski definition) is 6. The maximum absolute atomic E-state index is 5.40. The summed E-state index contributed by atoms with van der Waals surface area (Å²) in [5.41, 5.74) is 0. The van der Waals surface area contributed by atoms with Crippen LogP contribution in [0.15, 0.2) is 40.2 Å². The van der Waals surface area contributed by atoms with Crippen LogP contribution >= 0.6 is 0 Å². The largest absolute Gasteiger partial charge is 0.469 e. The van der Waals surface area contributed by atoms with E-state index in [4.69, 9.17) is 14.1 Å². The van der Waals surface area contributed by atoms with Crippen LogP contribution in [0.5, 0.6) is 0 Å². The lowest BCUT2D eigenvalue weighted by Crippen LogP contribution is -2.41. The number of guanidine groups is 1. The summed E-state index contributed by atoms with van der Waals surface area (Å²) >= 11 is 0. The number of rotatable bonds is 11. The van der Waals surface area contributed by atoms with Crippen molar-refractivity contribution in [3.8, 4) is 0 Å². The lowest BCUT2D eigenvalue weighted by molar-refractivity contribution is 0.0376. The van der Waals surface area contributed by atoms with E-state index < -0.39 is 0 Å². The smallest absolute Gasteiger partial charge is 0.191 e. The molecule has 0 atom stereocenters. The van der Waals surface area contributed by atoms with E-state index >= 15 is 0 Å². The summed E-state index contributed by atoms with van der Waals surface area (Å²) in [6.07, 6.45) is 8.11. The average molecular weight is 390 g/mol. The van der Waals surface area contributed by atoms with E-state index in [1.807, 2.05) is 23.0 Å². The zero-order valence-corrected chi connectivity index (χ0v) is 16.4. The highest BCUT2D eigenvalue weighted by Crippen LogP contribution is 2.00. The number of nitrogens with zero attached hydrogens (tertiary/aromatic N) is 5. The summed E-state index contributed by atoms with van der Waals surface area (Å²) in [7, 11) is 0. The highest BCUT2D eigenvalue weighted by atomic mass is 16.5. The summed E-state index contributed by atoms with van der Waals surface area (Å²) in [6.45, 7) is 8.08. The Hall–Kier alpha value is -2.39. The molecule has 2 aromatic heterocycles. The van der Waals surface area contributed by atoms with E-state index in [-0.39, 0.29) is 0 Å². The van der Waals surface area contributed by atoms with Crippen LogP contribution in [0.3, 0.4) is 0 Å². The number of ether oxygens (including phenoxy) is 1. The number of hydrogen-bond donors (Lipinski definition) is 2. The fourth-order valence-electron chi connectivity index (χ4n) is 3.04. The van der Waals surface area contributed by atoms with E-state index in [0.29, 0.717) is 0 Å². The predicted molar refractivity (Wildman–Crippen MR) is 107 cm³/mol. The van der Waals surface area contributed by atoms with Gasteiger partial charge in [0.1, 0.15) is 5.76 Å². The number of aryl methyl sites for hydroxylation is 1. The first-order chi connectivity index (χ1) is 13.9. The molecule has 2 aromatic rings. The Morgan fingerprint density at radius 3 is 2.82 bits per heavy atom. The van der Waals surface area contributed by atoms with Crippen LogP contribution in [-0.4, -0.2) is 78.3 Å². The van der Waals surface area contributed by atoms with E-state index in [2.05, 4.69) is 25.8 Å². The molecule has 3 heterocycles. The molecule has 3 rings (SSSR count). The molecule has 0 aromatic carbocycles. The van der Waals surface area contributed by atoms with Crippen molar-refractivity contribution >= 4 is 5.96 Å². The lowest BCUT2D eigenvalue weighted by Gasteiger charge is -2.26. The second kappa shape index (κ2) is 12.1. The lowest BCUT2D eigenvalue weighted by atomic mass is 10.3. The molecule has 0 spiro atoms. The van der Waals surface area contributed by atoms with Crippen molar-refractivity contribution in [2.24, 2.45) is 4.99 Å². The Kier molecular flexibility index (Phi) is 8.82. The average Bonchev–Trinajstić information content (AvgIpc) is 3.43. The number of aromatic nitrogens is 3.